The van der Waals surface area contributed by atoms with E-state index in [0.717, 1.165) is 17.0 Å². The molecule has 1 N–H and O–H groups in total. The molecule has 1 aromatic rings. The van der Waals surface area contributed by atoms with E-state index in [1.54, 1.807) is 18.0 Å². The van der Waals surface area contributed by atoms with Crippen molar-refractivity contribution in [2.24, 2.45) is 0 Å². The lowest BCUT2D eigenvalue weighted by Gasteiger charge is -2.23. The highest BCUT2D eigenvalue weighted by molar-refractivity contribution is 7.98. The number of nitrogens with one attached hydrogen (secondary N) is 1. The van der Waals surface area contributed by atoms with Gasteiger partial charge in [-0.15, -0.1) is 11.8 Å². The summed E-state index contributed by atoms with van der Waals surface area (Å²) in [5, 5.41) is 3.84. The van der Waals surface area contributed by atoms with Crippen LogP contribution in [-0.2, 0) is 4.74 Å². The van der Waals surface area contributed by atoms with E-state index in [4.69, 9.17) is 4.74 Å². The molecule has 0 aromatic carbocycles. The Bertz CT molecular complexity index is 430. The van der Waals surface area contributed by atoms with Gasteiger partial charge in [-0.25, -0.2) is 9.78 Å². The molecule has 4 nitrogen and oxygen atoms in total. The summed E-state index contributed by atoms with van der Waals surface area (Å²) in [6, 6.07) is 3.87. The van der Waals surface area contributed by atoms with Crippen LogP contribution in [0.4, 0.5) is 4.79 Å². The summed E-state index contributed by atoms with van der Waals surface area (Å²) in [4.78, 5) is 16.0. The highest BCUT2D eigenvalue weighted by Crippen LogP contribution is 2.21. The minimum atomic E-state index is -0.481. The third-order valence-electron chi connectivity index (χ3n) is 2.47. The topological polar surface area (TPSA) is 51.2 Å². The second kappa shape index (κ2) is 6.80. The first-order chi connectivity index (χ1) is 8.85. The SMILES string of the molecule is CC[C@H](NC(=O)OC(C)(C)C)c1ccnc(SC)c1. The lowest BCUT2D eigenvalue weighted by molar-refractivity contribution is 0.0502. The molecular weight excluding hydrogens is 260 g/mol. The van der Waals surface area contributed by atoms with Crippen LogP contribution >= 0.6 is 11.8 Å². The summed E-state index contributed by atoms with van der Waals surface area (Å²) in [6.07, 6.45) is 4.16. The number of thioether (sulfide) groups is 1. The summed E-state index contributed by atoms with van der Waals surface area (Å²) < 4.78 is 5.28. The van der Waals surface area contributed by atoms with E-state index >= 15 is 0 Å². The molecular formula is C14H22N2O2S. The molecule has 1 heterocycles. The molecule has 1 amide bonds. The van der Waals surface area contributed by atoms with Gasteiger partial charge in [0.2, 0.25) is 0 Å². The van der Waals surface area contributed by atoms with Crippen LogP contribution in [0.5, 0.6) is 0 Å². The predicted octanol–water partition coefficient (Wildman–Crippen LogP) is 3.78. The molecule has 106 valence electrons. The minimum absolute atomic E-state index is 0.0521. The molecule has 1 atom stereocenters. The fourth-order valence-corrected chi connectivity index (χ4v) is 2.04. The van der Waals surface area contributed by atoms with Gasteiger partial charge in [0.05, 0.1) is 11.1 Å². The molecule has 0 fully saturated rings. The number of nitrogens with zero attached hydrogens (tertiary/aromatic N) is 1. The fraction of sp³-hybridized carbons (Fsp3) is 0.571. The number of ether oxygens (including phenoxy) is 1. The van der Waals surface area contributed by atoms with Crippen LogP contribution in [0.2, 0.25) is 0 Å². The Hall–Kier alpha value is -1.23. The average molecular weight is 282 g/mol. The number of pyridine rings is 1. The molecule has 0 bridgehead atoms. The number of rotatable bonds is 4. The zero-order valence-electron chi connectivity index (χ0n) is 12.2. The second-order valence-electron chi connectivity index (χ2n) is 5.24. The number of alkyl carbamates (subject to hydrolysis) is 1. The number of hydrogen-bond donors (Lipinski definition) is 1. The Morgan fingerprint density at radius 2 is 2.21 bits per heavy atom. The van der Waals surface area contributed by atoms with E-state index in [1.807, 2.05) is 46.1 Å². The van der Waals surface area contributed by atoms with Crippen LogP contribution in [0.3, 0.4) is 0 Å². The van der Waals surface area contributed by atoms with Crippen LogP contribution in [0.25, 0.3) is 0 Å². The van der Waals surface area contributed by atoms with Crippen molar-refractivity contribution in [1.82, 2.24) is 10.3 Å². The smallest absolute Gasteiger partial charge is 0.408 e. The van der Waals surface area contributed by atoms with E-state index in [0.29, 0.717) is 0 Å². The number of carbonyl (C=O) groups is 1. The highest BCUT2D eigenvalue weighted by atomic mass is 32.2. The maximum atomic E-state index is 11.8. The molecule has 0 spiro atoms. The number of amides is 1. The van der Waals surface area contributed by atoms with Gasteiger partial charge in [0.25, 0.3) is 0 Å². The predicted molar refractivity (Wildman–Crippen MR) is 78.4 cm³/mol. The second-order valence-corrected chi connectivity index (χ2v) is 6.07. The molecule has 0 saturated carbocycles. The van der Waals surface area contributed by atoms with E-state index < -0.39 is 5.60 Å². The van der Waals surface area contributed by atoms with Gasteiger partial charge in [-0.3, -0.25) is 0 Å². The Labute approximate surface area is 119 Å². The van der Waals surface area contributed by atoms with Crippen LogP contribution in [0.1, 0.15) is 45.7 Å². The summed E-state index contributed by atoms with van der Waals surface area (Å²) in [7, 11) is 0. The summed E-state index contributed by atoms with van der Waals surface area (Å²) in [6.45, 7) is 7.59. The van der Waals surface area contributed by atoms with Crippen LogP contribution in [0, 0.1) is 0 Å². The lowest BCUT2D eigenvalue weighted by atomic mass is 10.1. The van der Waals surface area contributed by atoms with Crippen molar-refractivity contribution in [2.75, 3.05) is 6.26 Å². The Morgan fingerprint density at radius 3 is 2.74 bits per heavy atom. The van der Waals surface area contributed by atoms with Gasteiger partial charge in [0, 0.05) is 6.20 Å². The molecule has 0 saturated heterocycles. The maximum absolute atomic E-state index is 11.8. The molecule has 0 radical (unpaired) electrons. The van der Waals surface area contributed by atoms with Gasteiger partial charge < -0.3 is 10.1 Å². The molecule has 0 aliphatic carbocycles. The maximum Gasteiger partial charge on any atom is 0.408 e. The third kappa shape index (κ3) is 5.51. The standard InChI is InChI=1S/C14H22N2O2S/c1-6-11(16-13(17)18-14(2,3)4)10-7-8-15-12(9-10)19-5/h7-9,11H,6H2,1-5H3,(H,16,17)/t11-/m0/s1. The average Bonchev–Trinajstić information content (AvgIpc) is 2.34. The van der Waals surface area contributed by atoms with Gasteiger partial charge >= 0.3 is 6.09 Å². The first kappa shape index (κ1) is 15.8. The summed E-state index contributed by atoms with van der Waals surface area (Å²) in [5.74, 6) is 0. The molecule has 0 aliphatic heterocycles. The monoisotopic (exact) mass is 282 g/mol. The van der Waals surface area contributed by atoms with Crippen molar-refractivity contribution >= 4 is 17.9 Å². The van der Waals surface area contributed by atoms with Crippen molar-refractivity contribution in [1.29, 1.82) is 0 Å². The number of hydrogen-bond acceptors (Lipinski definition) is 4. The molecule has 19 heavy (non-hydrogen) atoms. The van der Waals surface area contributed by atoms with Crippen LogP contribution in [0.15, 0.2) is 23.4 Å². The van der Waals surface area contributed by atoms with Gasteiger partial charge in [0.15, 0.2) is 0 Å². The molecule has 1 rings (SSSR count). The Balaban J connectivity index is 2.75. The highest BCUT2D eigenvalue weighted by Gasteiger charge is 2.19. The molecule has 5 heteroatoms. The van der Waals surface area contributed by atoms with Crippen molar-refractivity contribution in [3.05, 3.63) is 23.9 Å². The lowest BCUT2D eigenvalue weighted by Crippen LogP contribution is -2.34. The quantitative estimate of drug-likeness (QED) is 0.854. The van der Waals surface area contributed by atoms with E-state index in [1.165, 1.54) is 0 Å². The zero-order chi connectivity index (χ0) is 14.5. The Morgan fingerprint density at radius 1 is 1.53 bits per heavy atom. The van der Waals surface area contributed by atoms with E-state index in [2.05, 4.69) is 10.3 Å². The first-order valence-corrected chi connectivity index (χ1v) is 7.57. The molecule has 0 aliphatic rings. The first-order valence-electron chi connectivity index (χ1n) is 6.35. The normalized spacial score (nSPS) is 12.9. The summed E-state index contributed by atoms with van der Waals surface area (Å²) >= 11 is 1.58. The largest absolute Gasteiger partial charge is 0.444 e. The molecule has 1 aromatic heterocycles. The zero-order valence-corrected chi connectivity index (χ0v) is 13.0. The van der Waals surface area contributed by atoms with Crippen LogP contribution in [-0.4, -0.2) is 22.9 Å². The van der Waals surface area contributed by atoms with Crippen LogP contribution < -0.4 is 5.32 Å². The fourth-order valence-electron chi connectivity index (χ4n) is 1.62. The number of aromatic nitrogens is 1. The van der Waals surface area contributed by atoms with Gasteiger partial charge in [-0.1, -0.05) is 6.92 Å². The van der Waals surface area contributed by atoms with Gasteiger partial charge in [-0.05, 0) is 51.1 Å². The van der Waals surface area contributed by atoms with Gasteiger partial charge in [-0.2, -0.15) is 0 Å². The van der Waals surface area contributed by atoms with Crippen molar-refractivity contribution in [2.45, 2.75) is 50.8 Å². The Kier molecular flexibility index (Phi) is 5.66. The number of carbonyl (C=O) groups excluding carboxylic acids is 1. The van der Waals surface area contributed by atoms with Crippen molar-refractivity contribution < 1.29 is 9.53 Å². The van der Waals surface area contributed by atoms with E-state index in [-0.39, 0.29) is 12.1 Å². The third-order valence-corrected chi connectivity index (χ3v) is 3.11. The van der Waals surface area contributed by atoms with Crippen molar-refractivity contribution in [3.8, 4) is 0 Å². The summed E-state index contributed by atoms with van der Waals surface area (Å²) in [5.41, 5.74) is 0.568. The van der Waals surface area contributed by atoms with E-state index in [9.17, 15) is 4.79 Å². The van der Waals surface area contributed by atoms with Crippen molar-refractivity contribution in [3.63, 3.8) is 0 Å². The minimum Gasteiger partial charge on any atom is -0.444 e. The molecule has 0 unspecified atom stereocenters. The van der Waals surface area contributed by atoms with Gasteiger partial charge in [0.1, 0.15) is 5.60 Å².